The summed E-state index contributed by atoms with van der Waals surface area (Å²) in [5, 5.41) is 9.68. The molecule has 6 nitrogen and oxygen atoms in total. The van der Waals surface area contributed by atoms with Gasteiger partial charge < -0.3 is 19.3 Å². The highest BCUT2D eigenvalue weighted by Gasteiger charge is 2.38. The fourth-order valence-electron chi connectivity index (χ4n) is 2.56. The molecule has 0 saturated carbocycles. The Morgan fingerprint density at radius 3 is 2.12 bits per heavy atom. The molecule has 1 aliphatic heterocycles. The summed E-state index contributed by atoms with van der Waals surface area (Å²) in [4.78, 5) is 24.1. The molecule has 2 aromatic rings. The van der Waals surface area contributed by atoms with Gasteiger partial charge in [-0.2, -0.15) is 0 Å². The maximum Gasteiger partial charge on any atom is 0.338 e. The number of aliphatic hydroxyl groups is 1. The van der Waals surface area contributed by atoms with E-state index >= 15 is 0 Å². The number of ether oxygens (including phenoxy) is 3. The van der Waals surface area contributed by atoms with E-state index in [0.717, 1.165) is 0 Å². The molecule has 0 radical (unpaired) electrons. The largest absolute Gasteiger partial charge is 0.459 e. The minimum Gasteiger partial charge on any atom is -0.459 e. The van der Waals surface area contributed by atoms with Gasteiger partial charge in [-0.25, -0.2) is 9.59 Å². The van der Waals surface area contributed by atoms with Gasteiger partial charge in [0.25, 0.3) is 0 Å². The van der Waals surface area contributed by atoms with Crippen molar-refractivity contribution >= 4 is 11.9 Å². The number of esters is 2. The molecular formula is C19H18O6. The topological polar surface area (TPSA) is 82.1 Å². The summed E-state index contributed by atoms with van der Waals surface area (Å²) >= 11 is 0. The van der Waals surface area contributed by atoms with Crippen LogP contribution in [0.4, 0.5) is 0 Å². The minimum absolute atomic E-state index is 0.114. The van der Waals surface area contributed by atoms with E-state index in [-0.39, 0.29) is 13.0 Å². The molecule has 3 rings (SSSR count). The lowest BCUT2D eigenvalue weighted by Gasteiger charge is -2.18. The van der Waals surface area contributed by atoms with Crippen molar-refractivity contribution in [3.05, 3.63) is 71.8 Å². The second-order valence-electron chi connectivity index (χ2n) is 5.64. The zero-order valence-corrected chi connectivity index (χ0v) is 13.4. The van der Waals surface area contributed by atoms with Crippen molar-refractivity contribution in [2.24, 2.45) is 0 Å². The van der Waals surface area contributed by atoms with Crippen LogP contribution in [-0.2, 0) is 14.2 Å². The summed E-state index contributed by atoms with van der Waals surface area (Å²) in [5.74, 6) is -1.01. The Hall–Kier alpha value is -2.70. The van der Waals surface area contributed by atoms with Crippen molar-refractivity contribution in [1.29, 1.82) is 0 Å². The molecule has 2 unspecified atom stereocenters. The molecule has 1 aliphatic rings. The first-order valence-electron chi connectivity index (χ1n) is 7.95. The van der Waals surface area contributed by atoms with Crippen LogP contribution in [-0.4, -0.2) is 42.1 Å². The van der Waals surface area contributed by atoms with Crippen LogP contribution < -0.4 is 0 Å². The highest BCUT2D eigenvalue weighted by atomic mass is 16.7. The standard InChI is InChI=1S/C19H18O6/c20-17-11-15(25-19(22)14-9-5-2-6-10-14)16(24-17)12-23-18(21)13-7-3-1-4-8-13/h1-10,15-17,20H,11-12H2/t15?,16-,17?/m1/s1. The SMILES string of the molecule is O=C(OC[C@H]1OC(O)CC1OC(=O)c1ccccc1)c1ccccc1. The number of carbonyl (C=O) groups excluding carboxylic acids is 2. The zero-order valence-electron chi connectivity index (χ0n) is 13.4. The first-order chi connectivity index (χ1) is 12.1. The molecule has 2 aromatic carbocycles. The average Bonchev–Trinajstić information content (AvgIpc) is 3.00. The molecule has 0 aliphatic carbocycles. The van der Waals surface area contributed by atoms with Crippen LogP contribution in [0.5, 0.6) is 0 Å². The summed E-state index contributed by atoms with van der Waals surface area (Å²) in [6.07, 6.45) is -2.33. The fraction of sp³-hybridized carbons (Fsp3) is 0.263. The van der Waals surface area contributed by atoms with E-state index in [9.17, 15) is 14.7 Å². The van der Waals surface area contributed by atoms with Gasteiger partial charge >= 0.3 is 11.9 Å². The first-order valence-corrected chi connectivity index (χ1v) is 7.95. The Bertz CT molecular complexity index is 715. The van der Waals surface area contributed by atoms with Crippen LogP contribution in [0.15, 0.2) is 60.7 Å². The Balaban J connectivity index is 1.58. The molecule has 1 heterocycles. The predicted molar refractivity (Wildman–Crippen MR) is 87.9 cm³/mol. The number of rotatable bonds is 5. The number of carbonyl (C=O) groups is 2. The first kappa shape index (κ1) is 17.1. The third kappa shape index (κ3) is 4.43. The quantitative estimate of drug-likeness (QED) is 0.839. The van der Waals surface area contributed by atoms with Gasteiger partial charge in [0.05, 0.1) is 11.1 Å². The third-order valence-electron chi connectivity index (χ3n) is 3.84. The summed E-state index contributed by atoms with van der Waals surface area (Å²) in [7, 11) is 0. The Morgan fingerprint density at radius 1 is 0.960 bits per heavy atom. The second-order valence-corrected chi connectivity index (χ2v) is 5.64. The van der Waals surface area contributed by atoms with Gasteiger partial charge in [-0.05, 0) is 24.3 Å². The molecule has 1 N–H and O–H groups in total. The fourth-order valence-corrected chi connectivity index (χ4v) is 2.56. The summed E-state index contributed by atoms with van der Waals surface area (Å²) < 4.78 is 15.9. The van der Waals surface area contributed by atoms with Crippen molar-refractivity contribution in [3.63, 3.8) is 0 Å². The predicted octanol–water partition coefficient (Wildman–Crippen LogP) is 2.18. The number of hydrogen-bond acceptors (Lipinski definition) is 6. The minimum atomic E-state index is -1.06. The van der Waals surface area contributed by atoms with Gasteiger partial charge in [0.2, 0.25) is 0 Å². The maximum atomic E-state index is 12.1. The van der Waals surface area contributed by atoms with Crippen molar-refractivity contribution in [3.8, 4) is 0 Å². The lowest BCUT2D eigenvalue weighted by atomic mass is 10.1. The lowest BCUT2D eigenvalue weighted by molar-refractivity contribution is -0.110. The number of aliphatic hydroxyl groups excluding tert-OH is 1. The Morgan fingerprint density at radius 2 is 1.52 bits per heavy atom. The summed E-state index contributed by atoms with van der Waals surface area (Å²) in [5.41, 5.74) is 0.822. The van der Waals surface area contributed by atoms with Crippen molar-refractivity contribution in [2.75, 3.05) is 6.61 Å². The van der Waals surface area contributed by atoms with Gasteiger partial charge in [-0.1, -0.05) is 36.4 Å². The van der Waals surface area contributed by atoms with Crippen LogP contribution in [0.1, 0.15) is 27.1 Å². The van der Waals surface area contributed by atoms with E-state index < -0.39 is 30.4 Å². The molecule has 0 amide bonds. The van der Waals surface area contributed by atoms with Gasteiger partial charge in [-0.15, -0.1) is 0 Å². The summed E-state index contributed by atoms with van der Waals surface area (Å²) in [6.45, 7) is -0.114. The van der Waals surface area contributed by atoms with Crippen LogP contribution in [0, 0.1) is 0 Å². The van der Waals surface area contributed by atoms with Crippen LogP contribution in [0.3, 0.4) is 0 Å². The lowest BCUT2D eigenvalue weighted by Crippen LogP contribution is -2.32. The zero-order chi connectivity index (χ0) is 17.6. The molecule has 6 heteroatoms. The second kappa shape index (κ2) is 7.92. The van der Waals surface area contributed by atoms with Crippen LogP contribution in [0.2, 0.25) is 0 Å². The van der Waals surface area contributed by atoms with E-state index in [1.807, 2.05) is 0 Å². The highest BCUT2D eigenvalue weighted by Crippen LogP contribution is 2.23. The highest BCUT2D eigenvalue weighted by molar-refractivity contribution is 5.90. The molecular weight excluding hydrogens is 324 g/mol. The van der Waals surface area contributed by atoms with E-state index in [2.05, 4.69) is 0 Å². The van der Waals surface area contributed by atoms with E-state index in [0.29, 0.717) is 11.1 Å². The van der Waals surface area contributed by atoms with Gasteiger partial charge in [0.15, 0.2) is 6.29 Å². The smallest absolute Gasteiger partial charge is 0.338 e. The van der Waals surface area contributed by atoms with Crippen molar-refractivity contribution in [2.45, 2.75) is 24.9 Å². The van der Waals surface area contributed by atoms with Crippen molar-refractivity contribution < 1.29 is 28.9 Å². The molecule has 1 saturated heterocycles. The summed E-state index contributed by atoms with van der Waals surface area (Å²) in [6, 6.07) is 17.1. The van der Waals surface area contributed by atoms with Gasteiger partial charge in [0.1, 0.15) is 18.8 Å². The van der Waals surface area contributed by atoms with E-state index in [1.165, 1.54) is 0 Å². The van der Waals surface area contributed by atoms with Gasteiger partial charge in [-0.3, -0.25) is 0 Å². The van der Waals surface area contributed by atoms with Crippen LogP contribution in [0.25, 0.3) is 0 Å². The monoisotopic (exact) mass is 342 g/mol. The molecule has 130 valence electrons. The van der Waals surface area contributed by atoms with Gasteiger partial charge in [0, 0.05) is 6.42 Å². The Kier molecular flexibility index (Phi) is 5.42. The third-order valence-corrected chi connectivity index (χ3v) is 3.84. The van der Waals surface area contributed by atoms with Crippen molar-refractivity contribution in [1.82, 2.24) is 0 Å². The molecule has 1 fully saturated rings. The maximum absolute atomic E-state index is 12.1. The molecule has 25 heavy (non-hydrogen) atoms. The number of benzene rings is 2. The van der Waals surface area contributed by atoms with Crippen LogP contribution >= 0.6 is 0 Å². The number of hydrogen-bond donors (Lipinski definition) is 1. The molecule has 0 bridgehead atoms. The van der Waals surface area contributed by atoms with E-state index in [1.54, 1.807) is 60.7 Å². The average molecular weight is 342 g/mol. The molecule has 0 aromatic heterocycles. The molecule has 0 spiro atoms. The Labute approximate surface area is 144 Å². The molecule has 3 atom stereocenters. The van der Waals surface area contributed by atoms with E-state index in [4.69, 9.17) is 14.2 Å². The normalized spacial score (nSPS) is 22.4.